The second-order valence-corrected chi connectivity index (χ2v) is 6.39. The van der Waals surface area contributed by atoms with E-state index in [1.165, 1.54) is 36.1 Å². The quantitative estimate of drug-likeness (QED) is 0.801. The third kappa shape index (κ3) is 2.83. The lowest BCUT2D eigenvalue weighted by molar-refractivity contribution is 0.247. The van der Waals surface area contributed by atoms with Crippen molar-refractivity contribution in [1.29, 1.82) is 0 Å². The highest BCUT2D eigenvalue weighted by Gasteiger charge is 2.28. The topological polar surface area (TPSA) is 12.0 Å². The van der Waals surface area contributed by atoms with Gasteiger partial charge in [0.1, 0.15) is 0 Å². The largest absolute Gasteiger partial charge is 0.385 e. The maximum Gasteiger partial charge on any atom is 0.0373 e. The summed E-state index contributed by atoms with van der Waals surface area (Å²) in [4.78, 5) is 0. The number of hydrogen-bond acceptors (Lipinski definition) is 1. The lowest BCUT2D eigenvalue weighted by Gasteiger charge is -2.35. The first-order valence-corrected chi connectivity index (χ1v) is 6.86. The zero-order chi connectivity index (χ0) is 12.5. The number of aryl methyl sites for hydroxylation is 1. The van der Waals surface area contributed by atoms with Gasteiger partial charge in [0.25, 0.3) is 0 Å². The van der Waals surface area contributed by atoms with Gasteiger partial charge in [-0.3, -0.25) is 0 Å². The Morgan fingerprint density at radius 3 is 2.71 bits per heavy atom. The van der Waals surface area contributed by atoms with Gasteiger partial charge in [-0.05, 0) is 41.4 Å². The molecule has 1 N–H and O–H groups in total. The minimum Gasteiger partial charge on any atom is -0.385 e. The van der Waals surface area contributed by atoms with Gasteiger partial charge in [0.2, 0.25) is 0 Å². The van der Waals surface area contributed by atoms with E-state index in [-0.39, 0.29) is 0 Å². The molecule has 17 heavy (non-hydrogen) atoms. The van der Waals surface area contributed by atoms with Gasteiger partial charge < -0.3 is 5.32 Å². The molecule has 1 aromatic carbocycles. The summed E-state index contributed by atoms with van der Waals surface area (Å²) < 4.78 is 0. The average Bonchev–Trinajstić information content (AvgIpc) is 2.27. The van der Waals surface area contributed by atoms with Gasteiger partial charge >= 0.3 is 0 Å². The van der Waals surface area contributed by atoms with Crippen LogP contribution in [-0.4, -0.2) is 6.54 Å². The van der Waals surface area contributed by atoms with Crippen molar-refractivity contribution in [2.75, 3.05) is 11.9 Å². The van der Waals surface area contributed by atoms with Crippen LogP contribution in [0.3, 0.4) is 0 Å². The second-order valence-electron chi connectivity index (χ2n) is 6.39. The summed E-state index contributed by atoms with van der Waals surface area (Å²) in [5.74, 6) is 0.742. The molecule has 0 amide bonds. The molecule has 0 aromatic heterocycles. The molecule has 0 radical (unpaired) electrons. The SMILES string of the molecule is CCCc1ccc2c(c1)CC(C(C)(C)C)CN2. The summed E-state index contributed by atoms with van der Waals surface area (Å²) in [7, 11) is 0. The van der Waals surface area contributed by atoms with Crippen LogP contribution >= 0.6 is 0 Å². The lowest BCUT2D eigenvalue weighted by atomic mass is 9.75. The van der Waals surface area contributed by atoms with E-state index < -0.39 is 0 Å². The third-order valence-electron chi connectivity index (χ3n) is 3.94. The Labute approximate surface area is 106 Å². The Morgan fingerprint density at radius 2 is 2.06 bits per heavy atom. The van der Waals surface area contributed by atoms with Crippen LogP contribution in [0.4, 0.5) is 5.69 Å². The maximum atomic E-state index is 3.59. The van der Waals surface area contributed by atoms with E-state index in [9.17, 15) is 0 Å². The summed E-state index contributed by atoms with van der Waals surface area (Å²) in [5.41, 5.74) is 4.75. The summed E-state index contributed by atoms with van der Waals surface area (Å²) in [6.45, 7) is 10.4. The highest BCUT2D eigenvalue weighted by Crippen LogP contribution is 2.35. The van der Waals surface area contributed by atoms with E-state index in [1.54, 1.807) is 0 Å². The van der Waals surface area contributed by atoms with Crippen LogP contribution in [0.25, 0.3) is 0 Å². The van der Waals surface area contributed by atoms with Crippen molar-refractivity contribution in [1.82, 2.24) is 0 Å². The summed E-state index contributed by atoms with van der Waals surface area (Å²) in [6.07, 6.45) is 3.66. The Balaban J connectivity index is 2.20. The van der Waals surface area contributed by atoms with Crippen molar-refractivity contribution in [3.05, 3.63) is 29.3 Å². The van der Waals surface area contributed by atoms with Crippen LogP contribution in [0, 0.1) is 11.3 Å². The smallest absolute Gasteiger partial charge is 0.0373 e. The van der Waals surface area contributed by atoms with Crippen molar-refractivity contribution < 1.29 is 0 Å². The molecule has 1 heteroatoms. The lowest BCUT2D eigenvalue weighted by Crippen LogP contribution is -2.33. The molecule has 0 saturated carbocycles. The van der Waals surface area contributed by atoms with Crippen molar-refractivity contribution in [2.45, 2.75) is 47.0 Å². The standard InChI is InChI=1S/C16H25N/c1-5-6-12-7-8-15-13(9-12)10-14(11-17-15)16(2,3)4/h7-9,14,17H,5-6,10-11H2,1-4H3. The molecule has 0 bridgehead atoms. The molecule has 1 heterocycles. The zero-order valence-electron chi connectivity index (χ0n) is 11.6. The summed E-state index contributed by atoms with van der Waals surface area (Å²) in [6, 6.07) is 6.94. The first kappa shape index (κ1) is 12.5. The van der Waals surface area contributed by atoms with Gasteiger partial charge in [-0.15, -0.1) is 0 Å². The number of anilines is 1. The number of fused-ring (bicyclic) bond motifs is 1. The van der Waals surface area contributed by atoms with Crippen molar-refractivity contribution in [3.8, 4) is 0 Å². The van der Waals surface area contributed by atoms with Crippen molar-refractivity contribution in [2.24, 2.45) is 11.3 Å². The van der Waals surface area contributed by atoms with E-state index in [4.69, 9.17) is 0 Å². The van der Waals surface area contributed by atoms with Crippen LogP contribution in [0.15, 0.2) is 18.2 Å². The zero-order valence-corrected chi connectivity index (χ0v) is 11.6. The predicted octanol–water partition coefficient (Wildman–Crippen LogP) is 4.27. The van der Waals surface area contributed by atoms with Crippen LogP contribution in [0.2, 0.25) is 0 Å². The molecule has 1 atom stereocenters. The highest BCUT2D eigenvalue weighted by atomic mass is 14.9. The fraction of sp³-hybridized carbons (Fsp3) is 0.625. The van der Waals surface area contributed by atoms with Crippen molar-refractivity contribution >= 4 is 5.69 Å². The molecule has 1 nitrogen and oxygen atoms in total. The molecule has 0 spiro atoms. The minimum atomic E-state index is 0.394. The molecule has 1 unspecified atom stereocenters. The first-order valence-electron chi connectivity index (χ1n) is 6.86. The fourth-order valence-electron chi connectivity index (χ4n) is 2.62. The Morgan fingerprint density at radius 1 is 1.29 bits per heavy atom. The average molecular weight is 231 g/mol. The molecule has 0 fully saturated rings. The number of benzene rings is 1. The van der Waals surface area contributed by atoms with Gasteiger partial charge in [0, 0.05) is 12.2 Å². The maximum absolute atomic E-state index is 3.59. The van der Waals surface area contributed by atoms with Gasteiger partial charge in [0.05, 0.1) is 0 Å². The second kappa shape index (κ2) is 4.72. The number of hydrogen-bond donors (Lipinski definition) is 1. The third-order valence-corrected chi connectivity index (χ3v) is 3.94. The predicted molar refractivity (Wildman–Crippen MR) is 75.6 cm³/mol. The van der Waals surface area contributed by atoms with E-state index in [0.717, 1.165) is 12.5 Å². The van der Waals surface area contributed by atoms with Crippen molar-refractivity contribution in [3.63, 3.8) is 0 Å². The normalized spacial score (nSPS) is 19.6. The number of nitrogens with one attached hydrogen (secondary N) is 1. The monoisotopic (exact) mass is 231 g/mol. The van der Waals surface area contributed by atoms with Crippen LogP contribution in [-0.2, 0) is 12.8 Å². The first-order chi connectivity index (χ1) is 8.00. The van der Waals surface area contributed by atoms with E-state index >= 15 is 0 Å². The highest BCUT2D eigenvalue weighted by molar-refractivity contribution is 5.55. The Hall–Kier alpha value is -0.980. The number of rotatable bonds is 2. The van der Waals surface area contributed by atoms with Gasteiger partial charge in [-0.1, -0.05) is 46.2 Å². The molecule has 94 valence electrons. The summed E-state index contributed by atoms with van der Waals surface area (Å²) in [5, 5.41) is 3.59. The minimum absolute atomic E-state index is 0.394. The molecule has 1 aliphatic heterocycles. The molecular formula is C16H25N. The molecular weight excluding hydrogens is 206 g/mol. The van der Waals surface area contributed by atoms with Gasteiger partial charge in [0.15, 0.2) is 0 Å². The molecule has 0 aliphatic carbocycles. The van der Waals surface area contributed by atoms with E-state index in [1.807, 2.05) is 0 Å². The molecule has 1 aliphatic rings. The Bertz CT molecular complexity index is 387. The molecule has 0 saturated heterocycles. The van der Waals surface area contributed by atoms with E-state index in [0.29, 0.717) is 5.41 Å². The Kier molecular flexibility index (Phi) is 3.46. The molecule has 1 aromatic rings. The van der Waals surface area contributed by atoms with Gasteiger partial charge in [-0.25, -0.2) is 0 Å². The molecule has 2 rings (SSSR count). The van der Waals surface area contributed by atoms with Crippen LogP contribution in [0.5, 0.6) is 0 Å². The summed E-state index contributed by atoms with van der Waals surface area (Å²) >= 11 is 0. The van der Waals surface area contributed by atoms with Crippen LogP contribution in [0.1, 0.15) is 45.2 Å². The van der Waals surface area contributed by atoms with Crippen LogP contribution < -0.4 is 5.32 Å². The van der Waals surface area contributed by atoms with Gasteiger partial charge in [-0.2, -0.15) is 0 Å². The fourth-order valence-corrected chi connectivity index (χ4v) is 2.62. The van der Waals surface area contributed by atoms with E-state index in [2.05, 4.69) is 51.2 Å².